The first kappa shape index (κ1) is 33.0. The third-order valence-corrected chi connectivity index (χ3v) is 8.07. The van der Waals surface area contributed by atoms with Gasteiger partial charge in [0.15, 0.2) is 0 Å². The predicted molar refractivity (Wildman–Crippen MR) is 179 cm³/mol. The van der Waals surface area contributed by atoms with Crippen LogP contribution < -0.4 is 16.2 Å². The lowest BCUT2D eigenvalue weighted by atomic mass is 9.98. The zero-order chi connectivity index (χ0) is 33.0. The van der Waals surface area contributed by atoms with Gasteiger partial charge in [0.1, 0.15) is 6.10 Å². The van der Waals surface area contributed by atoms with E-state index >= 15 is 0 Å². The Balaban J connectivity index is 1.08. The average Bonchev–Trinajstić information content (AvgIpc) is 3.07. The summed E-state index contributed by atoms with van der Waals surface area (Å²) in [6, 6.07) is 25.6. The van der Waals surface area contributed by atoms with Gasteiger partial charge in [-0.25, -0.2) is 9.59 Å². The van der Waals surface area contributed by atoms with Crippen LogP contribution in [0.4, 0.5) is 21.0 Å². The summed E-state index contributed by atoms with van der Waals surface area (Å²) in [4.78, 5) is 49.7. The normalized spacial score (nSPS) is 13.0. The fourth-order valence-electron chi connectivity index (χ4n) is 5.43. The van der Waals surface area contributed by atoms with Crippen molar-refractivity contribution in [1.29, 1.82) is 0 Å². The van der Waals surface area contributed by atoms with E-state index in [1.807, 2.05) is 61.5 Å². The van der Waals surface area contributed by atoms with Crippen LogP contribution in [0.2, 0.25) is 0 Å². The molecule has 0 unspecified atom stereocenters. The van der Waals surface area contributed by atoms with Crippen LogP contribution in [0.1, 0.15) is 55.2 Å². The van der Waals surface area contributed by atoms with E-state index in [1.165, 1.54) is 0 Å². The van der Waals surface area contributed by atoms with Crippen molar-refractivity contribution in [3.63, 3.8) is 0 Å². The molecule has 1 aliphatic rings. The summed E-state index contributed by atoms with van der Waals surface area (Å²) >= 11 is 0. The number of hydrogen-bond donors (Lipinski definition) is 2. The van der Waals surface area contributed by atoms with Crippen LogP contribution in [0.25, 0.3) is 11.1 Å². The highest BCUT2D eigenvalue weighted by Crippen LogP contribution is 2.21. The molecule has 47 heavy (non-hydrogen) atoms. The maximum atomic E-state index is 13.3. The number of benzene rings is 3. The van der Waals surface area contributed by atoms with Crippen molar-refractivity contribution in [3.8, 4) is 11.1 Å². The molecule has 2 N–H and O–H groups in total. The minimum Gasteiger partial charge on any atom is -0.431 e. The number of carbonyl (C=O) groups excluding carboxylic acids is 3. The minimum atomic E-state index is -0.809. The number of nitrogens with one attached hydrogen (secondary N) is 2. The van der Waals surface area contributed by atoms with Crippen LogP contribution in [-0.2, 0) is 32.0 Å². The smallest absolute Gasteiger partial charge is 0.431 e. The summed E-state index contributed by atoms with van der Waals surface area (Å²) in [5.41, 5.74) is 5.31. The van der Waals surface area contributed by atoms with Gasteiger partial charge < -0.3 is 29.4 Å². The van der Waals surface area contributed by atoms with E-state index in [9.17, 15) is 19.2 Å². The topological polar surface area (TPSA) is 125 Å². The lowest BCUT2D eigenvalue weighted by Gasteiger charge is -2.21. The Morgan fingerprint density at radius 3 is 2.28 bits per heavy atom. The average molecular weight is 638 g/mol. The van der Waals surface area contributed by atoms with Gasteiger partial charge in [0.25, 0.3) is 5.56 Å². The molecule has 1 aliphatic carbocycles. The number of carbonyl (C=O) groups is 3. The van der Waals surface area contributed by atoms with Crippen molar-refractivity contribution in [2.45, 2.75) is 64.5 Å². The fourth-order valence-corrected chi connectivity index (χ4v) is 5.43. The quantitative estimate of drug-likeness (QED) is 0.129. The Morgan fingerprint density at radius 2 is 1.53 bits per heavy atom. The first-order valence-electron chi connectivity index (χ1n) is 15.8. The van der Waals surface area contributed by atoms with Crippen LogP contribution in [0.15, 0.2) is 95.9 Å². The minimum absolute atomic E-state index is 0.120. The maximum Gasteiger partial charge on any atom is 0.511 e. The molecule has 0 radical (unpaired) electrons. The molecule has 0 atom stereocenters. The van der Waals surface area contributed by atoms with Crippen molar-refractivity contribution >= 4 is 29.5 Å². The molecule has 10 nitrogen and oxygen atoms in total. The molecule has 0 bridgehead atoms. The van der Waals surface area contributed by atoms with E-state index in [2.05, 4.69) is 10.6 Å². The number of pyridine rings is 1. The molecular weight excluding hydrogens is 598 g/mol. The number of ether oxygens (including phenoxy) is 3. The number of aryl methyl sites for hydroxylation is 2. The Hall–Kier alpha value is -5.38. The predicted octanol–water partition coefficient (Wildman–Crippen LogP) is 7.44. The SMILES string of the molecule is Cc1ccccc1NC(=O)Nc1ccc(-c2cccn(Cc3ccc(CCC(=O)OCOC(=O)OC4CCCCC4)cc3)c2=O)cc1. The lowest BCUT2D eigenvalue weighted by molar-refractivity contribution is -0.153. The number of anilines is 2. The van der Waals surface area contributed by atoms with Gasteiger partial charge in [-0.05, 0) is 91.6 Å². The summed E-state index contributed by atoms with van der Waals surface area (Å²) in [7, 11) is 0. The Bertz CT molecular complexity index is 1730. The first-order chi connectivity index (χ1) is 22.8. The highest BCUT2D eigenvalue weighted by atomic mass is 16.8. The third-order valence-electron chi connectivity index (χ3n) is 8.07. The molecule has 4 aromatic rings. The number of aromatic nitrogens is 1. The van der Waals surface area contributed by atoms with Crippen LogP contribution in [0, 0.1) is 6.92 Å². The summed E-state index contributed by atoms with van der Waals surface area (Å²) in [5.74, 6) is -0.475. The molecule has 0 aliphatic heterocycles. The molecule has 2 amide bonds. The van der Waals surface area contributed by atoms with Crippen molar-refractivity contribution in [1.82, 2.24) is 4.57 Å². The highest BCUT2D eigenvalue weighted by molar-refractivity contribution is 6.00. The second-order valence-electron chi connectivity index (χ2n) is 11.5. The van der Waals surface area contributed by atoms with E-state index in [1.54, 1.807) is 41.1 Å². The zero-order valence-corrected chi connectivity index (χ0v) is 26.4. The molecule has 3 aromatic carbocycles. The van der Waals surface area contributed by atoms with E-state index < -0.39 is 18.9 Å². The van der Waals surface area contributed by atoms with Gasteiger partial charge >= 0.3 is 18.2 Å². The monoisotopic (exact) mass is 637 g/mol. The van der Waals surface area contributed by atoms with E-state index in [0.29, 0.717) is 24.2 Å². The fraction of sp³-hybridized carbons (Fsp3) is 0.297. The molecule has 1 fully saturated rings. The van der Waals surface area contributed by atoms with Gasteiger partial charge in [-0.3, -0.25) is 9.59 Å². The zero-order valence-electron chi connectivity index (χ0n) is 26.4. The van der Waals surface area contributed by atoms with Gasteiger partial charge in [0, 0.05) is 29.6 Å². The number of hydrogen-bond acceptors (Lipinski definition) is 7. The Labute approximate surface area is 273 Å². The van der Waals surface area contributed by atoms with Crippen molar-refractivity contribution in [2.24, 2.45) is 0 Å². The number of esters is 1. The summed E-state index contributed by atoms with van der Waals surface area (Å²) in [6.45, 7) is 1.83. The van der Waals surface area contributed by atoms with Gasteiger partial charge in [-0.1, -0.05) is 61.0 Å². The van der Waals surface area contributed by atoms with E-state index in [4.69, 9.17) is 14.2 Å². The van der Waals surface area contributed by atoms with Crippen LogP contribution in [0.3, 0.4) is 0 Å². The van der Waals surface area contributed by atoms with Crippen LogP contribution in [-0.4, -0.2) is 35.6 Å². The summed E-state index contributed by atoms with van der Waals surface area (Å²) in [5, 5.41) is 5.66. The first-order valence-corrected chi connectivity index (χ1v) is 15.8. The molecule has 1 aromatic heterocycles. The second-order valence-corrected chi connectivity index (χ2v) is 11.5. The van der Waals surface area contributed by atoms with Gasteiger partial charge in [-0.2, -0.15) is 0 Å². The van der Waals surface area contributed by atoms with Gasteiger partial charge in [0.05, 0.1) is 6.54 Å². The second kappa shape index (κ2) is 16.3. The molecule has 0 spiro atoms. The van der Waals surface area contributed by atoms with Crippen molar-refractivity contribution in [3.05, 3.63) is 118 Å². The lowest BCUT2D eigenvalue weighted by Crippen LogP contribution is -2.22. The summed E-state index contributed by atoms with van der Waals surface area (Å²) < 4.78 is 16.8. The highest BCUT2D eigenvalue weighted by Gasteiger charge is 2.19. The molecule has 0 saturated heterocycles. The van der Waals surface area contributed by atoms with E-state index in [0.717, 1.165) is 60.0 Å². The third kappa shape index (κ3) is 9.80. The Morgan fingerprint density at radius 1 is 0.809 bits per heavy atom. The van der Waals surface area contributed by atoms with Crippen LogP contribution in [0.5, 0.6) is 0 Å². The largest absolute Gasteiger partial charge is 0.511 e. The van der Waals surface area contributed by atoms with Gasteiger partial charge in [0.2, 0.25) is 6.79 Å². The molecule has 10 heteroatoms. The molecule has 1 saturated carbocycles. The number of amides is 2. The number of nitrogens with zero attached hydrogens (tertiary/aromatic N) is 1. The Kier molecular flexibility index (Phi) is 11.4. The molecule has 244 valence electrons. The van der Waals surface area contributed by atoms with E-state index in [-0.39, 0.29) is 24.1 Å². The maximum absolute atomic E-state index is 13.3. The number of urea groups is 1. The molecular formula is C37H39N3O7. The number of rotatable bonds is 11. The number of para-hydroxylation sites is 1. The summed E-state index contributed by atoms with van der Waals surface area (Å²) in [6.07, 6.45) is 6.30. The standard InChI is InChI=1S/C37H39N3O7/c1-26-8-5-6-12-33(26)39-36(43)38-30-20-18-29(19-21-30)32-11-7-23-40(35(32)42)24-28-15-13-27(14-16-28)17-22-34(41)45-25-46-37(44)47-31-9-3-2-4-10-31/h5-8,11-16,18-21,23,31H,2-4,9-10,17,22,24-25H2,1H3,(H2,38,39,43). The molecule has 1 heterocycles. The van der Waals surface area contributed by atoms with Crippen molar-refractivity contribution < 1.29 is 28.6 Å². The van der Waals surface area contributed by atoms with Gasteiger partial charge in [-0.15, -0.1) is 0 Å². The molecule has 5 rings (SSSR count). The van der Waals surface area contributed by atoms with Crippen LogP contribution >= 0.6 is 0 Å². The van der Waals surface area contributed by atoms with Crippen molar-refractivity contribution in [2.75, 3.05) is 17.4 Å².